The monoisotopic (exact) mass is 278 g/mol. The van der Waals surface area contributed by atoms with Gasteiger partial charge >= 0.3 is 0 Å². The number of rotatable bonds is 4. The molecule has 0 radical (unpaired) electrons. The van der Waals surface area contributed by atoms with Gasteiger partial charge in [-0.15, -0.1) is 0 Å². The van der Waals surface area contributed by atoms with Crippen molar-refractivity contribution in [3.63, 3.8) is 0 Å². The van der Waals surface area contributed by atoms with Gasteiger partial charge in [0.1, 0.15) is 12.2 Å². The van der Waals surface area contributed by atoms with Gasteiger partial charge in [0, 0.05) is 12.7 Å². The third kappa shape index (κ3) is 2.04. The molecule has 1 aliphatic heterocycles. The van der Waals surface area contributed by atoms with Crippen molar-refractivity contribution in [2.24, 2.45) is 0 Å². The van der Waals surface area contributed by atoms with Gasteiger partial charge in [-0.3, -0.25) is 4.79 Å². The predicted octanol–water partition coefficient (Wildman–Crippen LogP) is 2.63. The van der Waals surface area contributed by atoms with Crippen LogP contribution in [0.2, 0.25) is 0 Å². The molecule has 1 aromatic rings. The van der Waals surface area contributed by atoms with Crippen molar-refractivity contribution >= 4 is 5.78 Å². The van der Waals surface area contributed by atoms with Crippen LogP contribution in [0.15, 0.2) is 18.2 Å². The zero-order chi connectivity index (χ0) is 15.0. The Morgan fingerprint density at radius 3 is 2.50 bits per heavy atom. The molecule has 1 heterocycles. The molecule has 0 bridgehead atoms. The highest BCUT2D eigenvalue weighted by Crippen LogP contribution is 2.51. The minimum atomic E-state index is -0.380. The number of ether oxygens (including phenoxy) is 3. The molecule has 0 spiro atoms. The van der Waals surface area contributed by atoms with E-state index in [1.165, 1.54) is 14.0 Å². The van der Waals surface area contributed by atoms with Gasteiger partial charge in [0.15, 0.2) is 17.3 Å². The van der Waals surface area contributed by atoms with Crippen molar-refractivity contribution in [2.75, 3.05) is 14.2 Å². The first-order valence-corrected chi connectivity index (χ1v) is 6.22. The lowest BCUT2D eigenvalue weighted by Gasteiger charge is -2.17. The SMILES string of the molecule is C=C(C)[C@H]1Oc2c(cc(C(C)=O)c(O)c2OC)[C@@H]1OC. The smallest absolute Gasteiger partial charge is 0.204 e. The molecule has 0 saturated carbocycles. The Kier molecular flexibility index (Phi) is 3.72. The van der Waals surface area contributed by atoms with Crippen molar-refractivity contribution in [1.82, 2.24) is 0 Å². The molecule has 0 unspecified atom stereocenters. The minimum absolute atomic E-state index is 0.151. The number of carbonyl (C=O) groups is 1. The number of benzene rings is 1. The Bertz CT molecular complexity index is 576. The van der Waals surface area contributed by atoms with Crippen LogP contribution >= 0.6 is 0 Å². The fourth-order valence-corrected chi connectivity index (χ4v) is 2.40. The number of fused-ring (bicyclic) bond motifs is 1. The lowest BCUT2D eigenvalue weighted by Crippen LogP contribution is -2.20. The van der Waals surface area contributed by atoms with Crippen LogP contribution in [-0.2, 0) is 4.74 Å². The molecule has 108 valence electrons. The lowest BCUT2D eigenvalue weighted by molar-refractivity contribution is 0.0440. The zero-order valence-electron chi connectivity index (χ0n) is 12.0. The quantitative estimate of drug-likeness (QED) is 0.677. The Labute approximate surface area is 117 Å². The van der Waals surface area contributed by atoms with Crippen LogP contribution in [0.4, 0.5) is 0 Å². The number of Topliss-reactive ketones (excluding diaryl/α,β-unsaturated/α-hetero) is 1. The molecule has 5 nitrogen and oxygen atoms in total. The van der Waals surface area contributed by atoms with Crippen LogP contribution in [0.1, 0.15) is 35.9 Å². The van der Waals surface area contributed by atoms with E-state index in [2.05, 4.69) is 6.58 Å². The standard InChI is InChI=1S/C15H18O5/c1-7(2)12-13(18-4)10-6-9(8(3)16)11(17)15(19-5)14(10)20-12/h6,12-13,17H,1H2,2-5H3/t12-,13+/m1/s1. The summed E-state index contributed by atoms with van der Waals surface area (Å²) in [4.78, 5) is 11.6. The van der Waals surface area contributed by atoms with Gasteiger partial charge in [0.05, 0.1) is 12.7 Å². The Hall–Kier alpha value is -2.01. The second-order valence-corrected chi connectivity index (χ2v) is 4.82. The molecule has 0 saturated heterocycles. The second kappa shape index (κ2) is 5.17. The molecule has 0 fully saturated rings. The van der Waals surface area contributed by atoms with E-state index in [-0.39, 0.29) is 35.1 Å². The molecule has 2 atom stereocenters. The first kappa shape index (κ1) is 14.4. The van der Waals surface area contributed by atoms with Gasteiger partial charge < -0.3 is 19.3 Å². The van der Waals surface area contributed by atoms with Gasteiger partial charge in [0.25, 0.3) is 0 Å². The van der Waals surface area contributed by atoms with Crippen LogP contribution in [0, 0.1) is 0 Å². The molecule has 20 heavy (non-hydrogen) atoms. The lowest BCUT2D eigenvalue weighted by atomic mass is 9.98. The number of hydrogen-bond acceptors (Lipinski definition) is 5. The van der Waals surface area contributed by atoms with Gasteiger partial charge in [-0.2, -0.15) is 0 Å². The molecule has 1 aliphatic rings. The maximum atomic E-state index is 11.6. The van der Waals surface area contributed by atoms with E-state index < -0.39 is 0 Å². The largest absolute Gasteiger partial charge is 0.504 e. The van der Waals surface area contributed by atoms with E-state index in [1.54, 1.807) is 13.2 Å². The van der Waals surface area contributed by atoms with Crippen LogP contribution in [0.5, 0.6) is 17.2 Å². The van der Waals surface area contributed by atoms with Crippen LogP contribution in [0.3, 0.4) is 0 Å². The Balaban J connectivity index is 2.67. The third-order valence-corrected chi connectivity index (χ3v) is 3.39. The van der Waals surface area contributed by atoms with Crippen molar-refractivity contribution in [3.05, 3.63) is 29.3 Å². The summed E-state index contributed by atoms with van der Waals surface area (Å²) in [5, 5.41) is 10.1. The second-order valence-electron chi connectivity index (χ2n) is 4.82. The summed E-state index contributed by atoms with van der Waals surface area (Å²) in [7, 11) is 2.98. The van der Waals surface area contributed by atoms with E-state index in [4.69, 9.17) is 14.2 Å². The predicted molar refractivity (Wildman–Crippen MR) is 73.6 cm³/mol. The summed E-state index contributed by atoms with van der Waals surface area (Å²) in [6.07, 6.45) is -0.749. The van der Waals surface area contributed by atoms with Crippen LogP contribution < -0.4 is 9.47 Å². The highest BCUT2D eigenvalue weighted by atomic mass is 16.6. The normalized spacial score (nSPS) is 20.2. The van der Waals surface area contributed by atoms with E-state index in [0.29, 0.717) is 11.3 Å². The van der Waals surface area contributed by atoms with E-state index in [9.17, 15) is 9.90 Å². The topological polar surface area (TPSA) is 65.0 Å². The number of aromatic hydroxyl groups is 1. The molecular formula is C15H18O5. The average Bonchev–Trinajstić information content (AvgIpc) is 2.75. The molecule has 5 heteroatoms. The molecule has 1 aromatic carbocycles. The number of methoxy groups -OCH3 is 2. The number of phenolic OH excluding ortho intramolecular Hbond substituents is 1. The van der Waals surface area contributed by atoms with Gasteiger partial charge in [-0.05, 0) is 25.5 Å². The van der Waals surface area contributed by atoms with Gasteiger partial charge in [-0.25, -0.2) is 0 Å². The highest BCUT2D eigenvalue weighted by Gasteiger charge is 2.39. The number of carbonyl (C=O) groups excluding carboxylic acids is 1. The first-order valence-electron chi connectivity index (χ1n) is 6.22. The number of ketones is 1. The zero-order valence-corrected chi connectivity index (χ0v) is 12.0. The van der Waals surface area contributed by atoms with E-state index >= 15 is 0 Å². The molecular weight excluding hydrogens is 260 g/mol. The minimum Gasteiger partial charge on any atom is -0.504 e. The molecule has 2 rings (SSSR count). The summed E-state index contributed by atoms with van der Waals surface area (Å²) < 4.78 is 16.4. The molecule has 0 aliphatic carbocycles. The van der Waals surface area contributed by atoms with Crippen molar-refractivity contribution in [3.8, 4) is 17.2 Å². The van der Waals surface area contributed by atoms with E-state index in [0.717, 1.165) is 5.57 Å². The molecule has 1 N–H and O–H groups in total. The number of hydrogen-bond donors (Lipinski definition) is 1. The summed E-state index contributed by atoms with van der Waals surface area (Å²) in [6, 6.07) is 1.59. The Morgan fingerprint density at radius 2 is 2.05 bits per heavy atom. The van der Waals surface area contributed by atoms with Crippen LogP contribution in [-0.4, -0.2) is 31.2 Å². The summed E-state index contributed by atoms with van der Waals surface area (Å²) >= 11 is 0. The Morgan fingerprint density at radius 1 is 1.40 bits per heavy atom. The van der Waals surface area contributed by atoms with Gasteiger partial charge in [0.2, 0.25) is 5.75 Å². The average molecular weight is 278 g/mol. The fraction of sp³-hybridized carbons (Fsp3) is 0.400. The maximum absolute atomic E-state index is 11.6. The number of phenols is 1. The summed E-state index contributed by atoms with van der Waals surface area (Å²) in [5.41, 5.74) is 1.66. The summed E-state index contributed by atoms with van der Waals surface area (Å²) in [5.74, 6) is 0.0848. The van der Waals surface area contributed by atoms with E-state index in [1.807, 2.05) is 6.92 Å². The van der Waals surface area contributed by atoms with Crippen molar-refractivity contribution in [1.29, 1.82) is 0 Å². The van der Waals surface area contributed by atoms with Crippen LogP contribution in [0.25, 0.3) is 0 Å². The summed E-state index contributed by atoms with van der Waals surface area (Å²) in [6.45, 7) is 7.10. The molecule has 0 amide bonds. The fourth-order valence-electron chi connectivity index (χ4n) is 2.40. The highest BCUT2D eigenvalue weighted by molar-refractivity contribution is 5.98. The van der Waals surface area contributed by atoms with Gasteiger partial charge in [-0.1, -0.05) is 6.58 Å². The first-order chi connectivity index (χ1) is 9.42. The van der Waals surface area contributed by atoms with Crippen molar-refractivity contribution < 1.29 is 24.1 Å². The third-order valence-electron chi connectivity index (χ3n) is 3.39. The maximum Gasteiger partial charge on any atom is 0.204 e. The van der Waals surface area contributed by atoms with Crippen molar-refractivity contribution in [2.45, 2.75) is 26.1 Å². The molecule has 0 aromatic heterocycles.